The Morgan fingerprint density at radius 1 is 0.975 bits per heavy atom. The number of ether oxygens (including phenoxy) is 1. The van der Waals surface area contributed by atoms with Gasteiger partial charge in [-0.25, -0.2) is 9.78 Å². The summed E-state index contributed by atoms with van der Waals surface area (Å²) in [4.78, 5) is 21.6. The molecule has 2 saturated carbocycles. The fourth-order valence-electron chi connectivity index (χ4n) is 5.87. The van der Waals surface area contributed by atoms with E-state index in [1.165, 1.54) is 5.56 Å². The smallest absolute Gasteiger partial charge is 0.315 e. The normalized spacial score (nSPS) is 25.8. The Labute approximate surface area is 233 Å². The van der Waals surface area contributed by atoms with Crippen LogP contribution in [0.5, 0.6) is 0 Å². The number of urea groups is 1. The number of H-pyrrole nitrogens is 1. The molecule has 1 atom stereocenters. The van der Waals surface area contributed by atoms with Crippen LogP contribution in [0.25, 0.3) is 0 Å². The number of aromatic amines is 1. The Balaban J connectivity index is 0.913. The van der Waals surface area contributed by atoms with E-state index >= 15 is 0 Å². The Bertz CT molecular complexity index is 1350. The lowest BCUT2D eigenvalue weighted by Gasteiger charge is -2.37. The second kappa shape index (κ2) is 11.9. The van der Waals surface area contributed by atoms with E-state index in [-0.39, 0.29) is 24.2 Å². The average molecular weight is 542 g/mol. The van der Waals surface area contributed by atoms with Gasteiger partial charge in [0.2, 0.25) is 5.95 Å². The van der Waals surface area contributed by atoms with Gasteiger partial charge in [0.1, 0.15) is 5.82 Å². The lowest BCUT2D eigenvalue weighted by Crippen LogP contribution is -2.51. The van der Waals surface area contributed by atoms with E-state index < -0.39 is 0 Å². The molecule has 1 aliphatic heterocycles. The highest BCUT2D eigenvalue weighted by Gasteiger charge is 2.32. The van der Waals surface area contributed by atoms with Crippen molar-refractivity contribution in [1.29, 1.82) is 5.26 Å². The van der Waals surface area contributed by atoms with Crippen LogP contribution in [-0.4, -0.2) is 57.5 Å². The first-order chi connectivity index (χ1) is 19.6. The summed E-state index contributed by atoms with van der Waals surface area (Å²) >= 11 is 0. The van der Waals surface area contributed by atoms with E-state index in [0.717, 1.165) is 69.7 Å². The Kier molecular flexibility index (Phi) is 7.77. The zero-order valence-corrected chi connectivity index (χ0v) is 22.4. The molecule has 11 nitrogen and oxygen atoms in total. The second-order valence-electron chi connectivity index (χ2n) is 11.1. The predicted octanol–water partition coefficient (Wildman–Crippen LogP) is 4.29. The number of nitrogens with zero attached hydrogens (tertiary/aromatic N) is 4. The number of amides is 2. The average Bonchev–Trinajstić information content (AvgIpc) is 3.64. The summed E-state index contributed by atoms with van der Waals surface area (Å²) in [6.45, 7) is 1.52. The molecule has 3 aromatic rings. The van der Waals surface area contributed by atoms with Crippen LogP contribution in [-0.2, 0) is 4.74 Å². The summed E-state index contributed by atoms with van der Waals surface area (Å²) in [5.74, 6) is 2.76. The Morgan fingerprint density at radius 2 is 1.80 bits per heavy atom. The number of hydrogen-bond acceptors (Lipinski definition) is 8. The van der Waals surface area contributed by atoms with Gasteiger partial charge in [0, 0.05) is 48.6 Å². The van der Waals surface area contributed by atoms with Gasteiger partial charge in [-0.1, -0.05) is 12.1 Å². The number of nitrogens with one attached hydrogen (secondary N) is 5. The number of hydrogen-bond donors (Lipinski definition) is 5. The van der Waals surface area contributed by atoms with E-state index in [9.17, 15) is 4.79 Å². The highest BCUT2D eigenvalue weighted by Crippen LogP contribution is 2.37. The molecule has 0 radical (unpaired) electrons. The monoisotopic (exact) mass is 541 g/mol. The lowest BCUT2D eigenvalue weighted by molar-refractivity contribution is 0.193. The number of rotatable bonds is 8. The molecular weight excluding hydrogens is 506 g/mol. The number of aromatic nitrogens is 4. The van der Waals surface area contributed by atoms with Crippen LogP contribution in [0.2, 0.25) is 0 Å². The minimum atomic E-state index is -0.0882. The first-order valence-electron chi connectivity index (χ1n) is 14.2. The molecule has 3 fully saturated rings. The van der Waals surface area contributed by atoms with Gasteiger partial charge in [0.25, 0.3) is 0 Å². The molecule has 3 heterocycles. The van der Waals surface area contributed by atoms with E-state index in [1.807, 2.05) is 30.3 Å². The summed E-state index contributed by atoms with van der Waals surface area (Å²) in [5, 5.41) is 29.5. The van der Waals surface area contributed by atoms with Crippen LogP contribution >= 0.6 is 0 Å². The standard InChI is InChI=1S/C29H35N9O2/c30-16-18-2-1-3-19(12-18)21-13-24(14-21)34-29(39)33-23-6-4-22(5-7-23)32-28-31-10-8-26(36-28)35-27-15-25(37-38-27)20-9-11-40-17-20/h1-3,8,10,12,15,20-24H,4-7,9,11,13-14,17H2,(H2,33,34,39)(H3,31,32,35,36,37,38)/t20?,21-,22-,23-,24-. The van der Waals surface area contributed by atoms with Gasteiger partial charge in [-0.05, 0) is 74.6 Å². The van der Waals surface area contributed by atoms with Gasteiger partial charge in [-0.15, -0.1) is 0 Å². The number of benzene rings is 1. The van der Waals surface area contributed by atoms with Crippen LogP contribution in [0.1, 0.15) is 73.6 Å². The highest BCUT2D eigenvalue weighted by molar-refractivity contribution is 5.74. The number of anilines is 3. The summed E-state index contributed by atoms with van der Waals surface area (Å²) in [7, 11) is 0. The van der Waals surface area contributed by atoms with Crippen molar-refractivity contribution >= 4 is 23.6 Å². The van der Waals surface area contributed by atoms with Crippen LogP contribution in [0.15, 0.2) is 42.6 Å². The third-order valence-corrected chi connectivity index (χ3v) is 8.23. The lowest BCUT2D eigenvalue weighted by atomic mass is 9.75. The molecule has 5 N–H and O–H groups in total. The van der Waals surface area contributed by atoms with Gasteiger partial charge in [-0.3, -0.25) is 5.10 Å². The van der Waals surface area contributed by atoms with Crippen molar-refractivity contribution in [2.24, 2.45) is 0 Å². The van der Waals surface area contributed by atoms with Gasteiger partial charge < -0.3 is 26.0 Å². The summed E-state index contributed by atoms with van der Waals surface area (Å²) in [5.41, 5.74) is 2.94. The predicted molar refractivity (Wildman–Crippen MR) is 150 cm³/mol. The Morgan fingerprint density at radius 3 is 2.60 bits per heavy atom. The van der Waals surface area contributed by atoms with E-state index in [2.05, 4.69) is 53.6 Å². The molecule has 2 aliphatic carbocycles. The third-order valence-electron chi connectivity index (χ3n) is 8.23. The molecule has 2 aromatic heterocycles. The van der Waals surface area contributed by atoms with Crippen LogP contribution in [0.3, 0.4) is 0 Å². The molecule has 40 heavy (non-hydrogen) atoms. The van der Waals surface area contributed by atoms with Crippen molar-refractivity contribution in [3.05, 3.63) is 59.4 Å². The number of carbonyl (C=O) groups excluding carboxylic acids is 1. The Hall–Kier alpha value is -4.17. The topological polar surface area (TPSA) is 153 Å². The molecule has 1 aromatic carbocycles. The van der Waals surface area contributed by atoms with Crippen molar-refractivity contribution in [3.63, 3.8) is 0 Å². The number of nitriles is 1. The molecule has 6 rings (SSSR count). The zero-order valence-electron chi connectivity index (χ0n) is 22.4. The highest BCUT2D eigenvalue weighted by atomic mass is 16.5. The van der Waals surface area contributed by atoms with Crippen LogP contribution in [0.4, 0.5) is 22.4 Å². The molecular formula is C29H35N9O2. The summed E-state index contributed by atoms with van der Waals surface area (Å²) < 4.78 is 5.47. The van der Waals surface area contributed by atoms with E-state index in [4.69, 9.17) is 10.00 Å². The van der Waals surface area contributed by atoms with Crippen molar-refractivity contribution in [2.75, 3.05) is 23.8 Å². The number of carbonyl (C=O) groups is 1. The molecule has 1 unspecified atom stereocenters. The molecule has 3 aliphatic rings. The van der Waals surface area contributed by atoms with Crippen LogP contribution in [0, 0.1) is 11.3 Å². The van der Waals surface area contributed by atoms with Crippen molar-refractivity contribution in [3.8, 4) is 6.07 Å². The molecule has 0 spiro atoms. The van der Waals surface area contributed by atoms with Crippen LogP contribution < -0.4 is 21.3 Å². The SMILES string of the molecule is N#Cc1cccc([C@H]2C[C@H](NC(=O)N[C@H]3CC[C@H](Nc4nccc(Nc5cc(C6CCOC6)[nH]n5)n4)CC3)C2)c1. The fraction of sp³-hybridized carbons (Fsp3) is 0.483. The maximum Gasteiger partial charge on any atom is 0.315 e. The first kappa shape index (κ1) is 26.1. The molecule has 208 valence electrons. The summed E-state index contributed by atoms with van der Waals surface area (Å²) in [6, 6.07) is 14.3. The minimum Gasteiger partial charge on any atom is -0.381 e. The maximum atomic E-state index is 12.6. The van der Waals surface area contributed by atoms with Gasteiger partial charge in [0.05, 0.1) is 18.2 Å². The van der Waals surface area contributed by atoms with Crippen molar-refractivity contribution in [1.82, 2.24) is 30.8 Å². The van der Waals surface area contributed by atoms with Gasteiger partial charge in [0.15, 0.2) is 5.82 Å². The maximum absolute atomic E-state index is 12.6. The quantitative estimate of drug-likeness (QED) is 0.283. The first-order valence-corrected chi connectivity index (χ1v) is 14.2. The van der Waals surface area contributed by atoms with Gasteiger partial charge >= 0.3 is 6.03 Å². The second-order valence-corrected chi connectivity index (χ2v) is 11.1. The minimum absolute atomic E-state index is 0.0882. The third kappa shape index (κ3) is 6.34. The largest absolute Gasteiger partial charge is 0.381 e. The molecule has 2 amide bonds. The molecule has 11 heteroatoms. The molecule has 0 bridgehead atoms. The van der Waals surface area contributed by atoms with Gasteiger partial charge in [-0.2, -0.15) is 15.3 Å². The van der Waals surface area contributed by atoms with Crippen molar-refractivity contribution in [2.45, 2.75) is 74.9 Å². The zero-order chi connectivity index (χ0) is 27.3. The van der Waals surface area contributed by atoms with E-state index in [1.54, 1.807) is 6.20 Å². The summed E-state index contributed by atoms with van der Waals surface area (Å²) in [6.07, 6.45) is 8.22. The van der Waals surface area contributed by atoms with E-state index in [0.29, 0.717) is 29.2 Å². The van der Waals surface area contributed by atoms with Crippen molar-refractivity contribution < 1.29 is 9.53 Å². The molecule has 1 saturated heterocycles. The fourth-order valence-corrected chi connectivity index (χ4v) is 5.87.